The summed E-state index contributed by atoms with van der Waals surface area (Å²) in [6.45, 7) is 3.81. The highest BCUT2D eigenvalue weighted by atomic mass is 15.6. The van der Waals surface area contributed by atoms with Gasteiger partial charge in [-0.25, -0.2) is 5.01 Å². The van der Waals surface area contributed by atoms with Crippen molar-refractivity contribution in [1.82, 2.24) is 0 Å². The number of anilines is 1. The highest BCUT2D eigenvalue weighted by molar-refractivity contribution is 5.52. The van der Waals surface area contributed by atoms with Gasteiger partial charge in [0, 0.05) is 0 Å². The summed E-state index contributed by atoms with van der Waals surface area (Å²) in [4.78, 5) is 0. The quantitative estimate of drug-likeness (QED) is 0.620. The molecule has 0 unspecified atom stereocenters. The minimum absolute atomic E-state index is 0.814. The smallest absolute Gasteiger partial charge is 0.0817 e. The van der Waals surface area contributed by atoms with Gasteiger partial charge in [0.2, 0.25) is 0 Å². The molecule has 0 N–H and O–H groups in total. The van der Waals surface area contributed by atoms with Crippen LogP contribution in [0.4, 0.5) is 5.69 Å². The van der Waals surface area contributed by atoms with Crippen LogP contribution in [0, 0.1) is 6.92 Å². The van der Waals surface area contributed by atoms with Crippen LogP contribution in [0.5, 0.6) is 0 Å². The molecule has 62 valence electrons. The fourth-order valence-corrected chi connectivity index (χ4v) is 1.33. The molecule has 0 bridgehead atoms. The van der Waals surface area contributed by atoms with E-state index in [1.54, 1.807) is 0 Å². The Morgan fingerprint density at radius 1 is 1.33 bits per heavy atom. The van der Waals surface area contributed by atoms with E-state index in [4.69, 9.17) is 0 Å². The third-order valence-corrected chi connectivity index (χ3v) is 1.98. The van der Waals surface area contributed by atoms with Crippen LogP contribution in [-0.2, 0) is 0 Å². The summed E-state index contributed by atoms with van der Waals surface area (Å²) in [7, 11) is 0. The molecule has 3 nitrogen and oxygen atoms in total. The van der Waals surface area contributed by atoms with Crippen LogP contribution in [0.2, 0.25) is 0 Å². The van der Waals surface area contributed by atoms with Gasteiger partial charge in [-0.15, -0.1) is 0 Å². The van der Waals surface area contributed by atoms with Gasteiger partial charge in [0.15, 0.2) is 0 Å². The topological polar surface area (TPSA) is 28.0 Å². The molecule has 0 radical (unpaired) electrons. The Morgan fingerprint density at radius 3 is 2.83 bits per heavy atom. The van der Waals surface area contributed by atoms with Crippen LogP contribution in [0.3, 0.4) is 0 Å². The van der Waals surface area contributed by atoms with Crippen LogP contribution in [0.25, 0.3) is 0 Å². The summed E-state index contributed by atoms with van der Waals surface area (Å²) in [6, 6.07) is 8.21. The molecule has 1 aromatic rings. The summed E-state index contributed by atoms with van der Waals surface area (Å²) < 4.78 is 0. The average Bonchev–Trinajstić information content (AvgIpc) is 2.57. The van der Waals surface area contributed by atoms with Crippen LogP contribution in [-0.4, -0.2) is 13.1 Å². The van der Waals surface area contributed by atoms with E-state index in [2.05, 4.69) is 29.4 Å². The Labute approximate surface area is 71.7 Å². The fourth-order valence-electron chi connectivity index (χ4n) is 1.33. The fraction of sp³-hybridized carbons (Fsp3) is 0.333. The van der Waals surface area contributed by atoms with Gasteiger partial charge < -0.3 is 0 Å². The summed E-state index contributed by atoms with van der Waals surface area (Å²) in [5.74, 6) is 0. The van der Waals surface area contributed by atoms with Crippen molar-refractivity contribution in [2.24, 2.45) is 10.3 Å². The largest absolute Gasteiger partial charge is 0.245 e. The second-order valence-electron chi connectivity index (χ2n) is 2.86. The van der Waals surface area contributed by atoms with E-state index in [0.717, 1.165) is 13.1 Å². The maximum Gasteiger partial charge on any atom is 0.0817 e. The summed E-state index contributed by atoms with van der Waals surface area (Å²) >= 11 is 0. The van der Waals surface area contributed by atoms with E-state index in [1.807, 2.05) is 17.1 Å². The highest BCUT2D eigenvalue weighted by Gasteiger charge is 2.10. The first-order valence-corrected chi connectivity index (χ1v) is 4.08. The Morgan fingerprint density at radius 2 is 2.17 bits per heavy atom. The monoisotopic (exact) mass is 161 g/mol. The van der Waals surface area contributed by atoms with Crippen LogP contribution < -0.4 is 5.01 Å². The molecule has 0 spiro atoms. The van der Waals surface area contributed by atoms with Crippen molar-refractivity contribution in [1.29, 1.82) is 0 Å². The predicted octanol–water partition coefficient (Wildman–Crippen LogP) is 2.18. The van der Waals surface area contributed by atoms with E-state index < -0.39 is 0 Å². The summed E-state index contributed by atoms with van der Waals surface area (Å²) in [6.07, 6.45) is 0. The predicted molar refractivity (Wildman–Crippen MR) is 48.2 cm³/mol. The molecule has 1 aliphatic heterocycles. The minimum atomic E-state index is 0.814. The zero-order valence-electron chi connectivity index (χ0n) is 7.07. The molecular weight excluding hydrogens is 150 g/mol. The molecule has 0 saturated heterocycles. The maximum absolute atomic E-state index is 4.03. The van der Waals surface area contributed by atoms with E-state index in [-0.39, 0.29) is 0 Å². The first-order chi connectivity index (χ1) is 5.88. The molecule has 2 rings (SSSR count). The second-order valence-corrected chi connectivity index (χ2v) is 2.86. The number of aryl methyl sites for hydroxylation is 1. The molecule has 0 aromatic heterocycles. The number of hydrogen-bond donors (Lipinski definition) is 0. The standard InChI is InChI=1S/C9H11N3/c1-8-4-2-3-5-9(8)12-7-6-10-11-12/h2-5H,6-7H2,1H3. The SMILES string of the molecule is Cc1ccccc1N1CCN=N1. The minimum Gasteiger partial charge on any atom is -0.245 e. The lowest BCUT2D eigenvalue weighted by Gasteiger charge is -2.13. The van der Waals surface area contributed by atoms with Crippen LogP contribution in [0.1, 0.15) is 5.56 Å². The number of benzene rings is 1. The molecule has 0 amide bonds. The third kappa shape index (κ3) is 1.18. The number of para-hydroxylation sites is 1. The van der Waals surface area contributed by atoms with Crippen molar-refractivity contribution in [2.45, 2.75) is 6.92 Å². The number of rotatable bonds is 1. The molecule has 1 heterocycles. The van der Waals surface area contributed by atoms with E-state index in [1.165, 1.54) is 11.3 Å². The van der Waals surface area contributed by atoms with Gasteiger partial charge in [-0.2, -0.15) is 5.11 Å². The number of nitrogens with zero attached hydrogens (tertiary/aromatic N) is 3. The molecular formula is C9H11N3. The van der Waals surface area contributed by atoms with Crippen molar-refractivity contribution in [3.63, 3.8) is 0 Å². The van der Waals surface area contributed by atoms with Crippen molar-refractivity contribution in [3.05, 3.63) is 29.8 Å². The normalized spacial score (nSPS) is 15.6. The molecule has 0 aliphatic carbocycles. The van der Waals surface area contributed by atoms with Gasteiger partial charge in [-0.05, 0) is 18.6 Å². The molecule has 0 saturated carbocycles. The Balaban J connectivity index is 2.33. The molecule has 1 aromatic carbocycles. The molecule has 3 heteroatoms. The van der Waals surface area contributed by atoms with Crippen molar-refractivity contribution < 1.29 is 0 Å². The van der Waals surface area contributed by atoms with E-state index in [9.17, 15) is 0 Å². The first kappa shape index (κ1) is 7.28. The van der Waals surface area contributed by atoms with Gasteiger partial charge >= 0.3 is 0 Å². The van der Waals surface area contributed by atoms with Crippen LogP contribution in [0.15, 0.2) is 34.6 Å². The number of hydrogen-bond acceptors (Lipinski definition) is 3. The van der Waals surface area contributed by atoms with Crippen molar-refractivity contribution in [3.8, 4) is 0 Å². The van der Waals surface area contributed by atoms with Crippen LogP contribution >= 0.6 is 0 Å². The summed E-state index contributed by atoms with van der Waals surface area (Å²) in [5.41, 5.74) is 2.41. The Hall–Kier alpha value is -1.38. The van der Waals surface area contributed by atoms with Gasteiger partial charge in [-0.1, -0.05) is 23.4 Å². The average molecular weight is 161 g/mol. The lowest BCUT2D eigenvalue weighted by Crippen LogP contribution is -2.14. The second kappa shape index (κ2) is 2.93. The Kier molecular flexibility index (Phi) is 1.78. The van der Waals surface area contributed by atoms with Gasteiger partial charge in [0.1, 0.15) is 0 Å². The van der Waals surface area contributed by atoms with Gasteiger partial charge in [0.25, 0.3) is 0 Å². The molecule has 1 aliphatic rings. The van der Waals surface area contributed by atoms with E-state index >= 15 is 0 Å². The first-order valence-electron chi connectivity index (χ1n) is 4.08. The lowest BCUT2D eigenvalue weighted by atomic mass is 10.2. The highest BCUT2D eigenvalue weighted by Crippen LogP contribution is 2.21. The van der Waals surface area contributed by atoms with Gasteiger partial charge in [0.05, 0.1) is 18.8 Å². The summed E-state index contributed by atoms with van der Waals surface area (Å²) in [5, 5.41) is 9.90. The lowest BCUT2D eigenvalue weighted by molar-refractivity contribution is 0.937. The zero-order valence-corrected chi connectivity index (χ0v) is 7.07. The zero-order chi connectivity index (χ0) is 8.39. The Bertz CT molecular complexity index is 306. The molecule has 0 fully saturated rings. The van der Waals surface area contributed by atoms with Crippen molar-refractivity contribution in [2.75, 3.05) is 18.1 Å². The van der Waals surface area contributed by atoms with Gasteiger partial charge in [-0.3, -0.25) is 0 Å². The van der Waals surface area contributed by atoms with E-state index in [0.29, 0.717) is 0 Å². The van der Waals surface area contributed by atoms with Crippen molar-refractivity contribution >= 4 is 5.69 Å². The molecule has 12 heavy (non-hydrogen) atoms. The maximum atomic E-state index is 4.03. The third-order valence-electron chi connectivity index (χ3n) is 1.98. The molecule has 0 atom stereocenters.